The van der Waals surface area contributed by atoms with Gasteiger partial charge in [-0.25, -0.2) is 0 Å². The van der Waals surface area contributed by atoms with Crippen molar-refractivity contribution in [2.75, 3.05) is 0 Å². The molecule has 4 aromatic carbocycles. The first-order chi connectivity index (χ1) is 23.3. The van der Waals surface area contributed by atoms with Gasteiger partial charge in [0.15, 0.2) is 13.4 Å². The molecule has 0 aromatic heterocycles. The first-order valence-corrected chi connectivity index (χ1v) is 20.1. The van der Waals surface area contributed by atoms with E-state index in [4.69, 9.17) is 4.74 Å². The van der Waals surface area contributed by atoms with Gasteiger partial charge in [-0.05, 0) is 39.9 Å². The number of fused-ring (bicyclic) bond motifs is 4. The molecule has 0 amide bonds. The molecule has 0 spiro atoms. The lowest BCUT2D eigenvalue weighted by Gasteiger charge is -2.36. The maximum atomic E-state index is 6.93. The van der Waals surface area contributed by atoms with Gasteiger partial charge in [-0.15, -0.1) is 0 Å². The molecule has 3 heteroatoms. The molecule has 4 fully saturated rings. The predicted octanol–water partition coefficient (Wildman–Crippen LogP) is 12.5. The molecular weight excluding hydrogens is 566 g/mol. The van der Waals surface area contributed by atoms with Gasteiger partial charge < -0.3 is 4.74 Å². The molecule has 1 heterocycles. The van der Waals surface area contributed by atoms with E-state index in [-0.39, 0.29) is 0 Å². The SMILES string of the molecule is c1cc2c3c(cc4ccc(B(C5CCCCC5)C5CCCCC5)cc4c3c1)-c1ccc(B(C3CCCCC3)C3CCCCC3)cc1O2. The van der Waals surface area contributed by atoms with Crippen LogP contribution in [0.15, 0.2) is 60.7 Å². The van der Waals surface area contributed by atoms with Crippen LogP contribution in [0.3, 0.4) is 0 Å². The van der Waals surface area contributed by atoms with Crippen LogP contribution in [0, 0.1) is 0 Å². The summed E-state index contributed by atoms with van der Waals surface area (Å²) in [6.07, 6.45) is 28.5. The van der Waals surface area contributed by atoms with Gasteiger partial charge >= 0.3 is 0 Å². The summed E-state index contributed by atoms with van der Waals surface area (Å²) in [4.78, 5) is 0. The van der Waals surface area contributed by atoms with Crippen molar-refractivity contribution in [2.24, 2.45) is 0 Å². The van der Waals surface area contributed by atoms with Crippen molar-refractivity contribution >= 4 is 45.9 Å². The van der Waals surface area contributed by atoms with Gasteiger partial charge in [0.2, 0.25) is 0 Å². The van der Waals surface area contributed by atoms with E-state index in [1.165, 1.54) is 161 Å². The molecule has 4 aromatic rings. The summed E-state index contributed by atoms with van der Waals surface area (Å²) in [5.41, 5.74) is 5.83. The van der Waals surface area contributed by atoms with Crippen LogP contribution in [-0.4, -0.2) is 13.4 Å². The maximum Gasteiger partial charge on any atom is 0.182 e. The largest absolute Gasteiger partial charge is 0.456 e. The molecule has 4 aliphatic carbocycles. The molecule has 0 atom stereocenters. The second-order valence-electron chi connectivity index (χ2n) is 16.6. The standard InChI is InChI=1S/C44H54B2O/c1-5-14-32(15-6-1)45(33-16-7-2-8-17-33)36-25-24-31-28-41-38-27-26-37(46(34-18-9-3-10-19-34)35-20-11-4-12-21-35)30-43(38)47-42-23-13-22-39(44(41)42)40(31)29-36/h13,22-30,32-35H,1-12,14-21H2. The summed E-state index contributed by atoms with van der Waals surface area (Å²) in [6.45, 7) is 1.42. The molecule has 5 aliphatic rings. The molecule has 0 N–H and O–H groups in total. The van der Waals surface area contributed by atoms with Crippen LogP contribution < -0.4 is 15.7 Å². The summed E-state index contributed by atoms with van der Waals surface area (Å²) in [7, 11) is 0. The van der Waals surface area contributed by atoms with Crippen LogP contribution >= 0.6 is 0 Å². The lowest BCUT2D eigenvalue weighted by atomic mass is 9.27. The van der Waals surface area contributed by atoms with E-state index in [0.29, 0.717) is 6.71 Å². The third kappa shape index (κ3) is 5.76. The molecule has 1 aliphatic heterocycles. The Morgan fingerprint density at radius 2 is 0.936 bits per heavy atom. The summed E-state index contributed by atoms with van der Waals surface area (Å²) >= 11 is 0. The van der Waals surface area contributed by atoms with Gasteiger partial charge in [0.05, 0.1) is 0 Å². The third-order valence-corrected chi connectivity index (χ3v) is 13.9. The van der Waals surface area contributed by atoms with Crippen LogP contribution in [0.4, 0.5) is 0 Å². The number of hydrogen-bond donors (Lipinski definition) is 0. The fourth-order valence-corrected chi connectivity index (χ4v) is 11.7. The van der Waals surface area contributed by atoms with Crippen LogP contribution in [0.25, 0.3) is 32.7 Å². The van der Waals surface area contributed by atoms with E-state index in [1.807, 2.05) is 0 Å². The first kappa shape index (κ1) is 30.4. The highest BCUT2D eigenvalue weighted by atomic mass is 16.5. The van der Waals surface area contributed by atoms with Gasteiger partial charge in [-0.2, -0.15) is 0 Å². The first-order valence-electron chi connectivity index (χ1n) is 20.1. The quantitative estimate of drug-likeness (QED) is 0.136. The Morgan fingerprint density at radius 1 is 0.426 bits per heavy atom. The molecule has 242 valence electrons. The van der Waals surface area contributed by atoms with Crippen molar-refractivity contribution in [2.45, 2.75) is 152 Å². The van der Waals surface area contributed by atoms with Crippen molar-refractivity contribution in [1.29, 1.82) is 0 Å². The topological polar surface area (TPSA) is 9.23 Å². The Kier molecular flexibility index (Phi) is 8.62. The normalized spacial score (nSPS) is 21.4. The zero-order valence-electron chi connectivity index (χ0n) is 28.8. The van der Waals surface area contributed by atoms with Gasteiger partial charge in [-0.3, -0.25) is 0 Å². The molecule has 0 unspecified atom stereocenters. The maximum absolute atomic E-state index is 6.93. The van der Waals surface area contributed by atoms with Crippen LogP contribution in [0.2, 0.25) is 23.3 Å². The second kappa shape index (κ2) is 13.3. The highest BCUT2D eigenvalue weighted by Gasteiger charge is 2.38. The lowest BCUT2D eigenvalue weighted by Crippen LogP contribution is -2.41. The smallest absolute Gasteiger partial charge is 0.182 e. The molecule has 9 rings (SSSR count). The number of ether oxygens (including phenoxy) is 1. The van der Waals surface area contributed by atoms with Crippen molar-refractivity contribution in [3.63, 3.8) is 0 Å². The number of rotatable bonds is 6. The molecule has 0 bridgehead atoms. The number of hydrogen-bond acceptors (Lipinski definition) is 1. The Labute approximate surface area is 284 Å². The van der Waals surface area contributed by atoms with E-state index in [2.05, 4.69) is 60.7 Å². The van der Waals surface area contributed by atoms with E-state index in [1.54, 1.807) is 10.9 Å². The van der Waals surface area contributed by atoms with Crippen molar-refractivity contribution in [1.82, 2.24) is 0 Å². The van der Waals surface area contributed by atoms with Crippen LogP contribution in [-0.2, 0) is 0 Å². The zero-order valence-corrected chi connectivity index (χ0v) is 28.8. The Bertz CT molecular complexity index is 1680. The van der Waals surface area contributed by atoms with Crippen molar-refractivity contribution < 1.29 is 4.74 Å². The van der Waals surface area contributed by atoms with Crippen LogP contribution in [0.1, 0.15) is 128 Å². The minimum Gasteiger partial charge on any atom is -0.456 e. The van der Waals surface area contributed by atoms with Gasteiger partial charge in [0.25, 0.3) is 0 Å². The minimum atomic E-state index is 0.693. The predicted molar refractivity (Wildman–Crippen MR) is 205 cm³/mol. The van der Waals surface area contributed by atoms with E-state index < -0.39 is 0 Å². The Morgan fingerprint density at radius 3 is 1.49 bits per heavy atom. The van der Waals surface area contributed by atoms with Gasteiger partial charge in [0.1, 0.15) is 11.5 Å². The summed E-state index contributed by atoms with van der Waals surface area (Å²) in [6, 6.07) is 24.4. The minimum absolute atomic E-state index is 0.693. The van der Waals surface area contributed by atoms with Gasteiger partial charge in [-0.1, -0.05) is 205 Å². The van der Waals surface area contributed by atoms with E-state index in [0.717, 1.165) is 41.5 Å². The molecule has 47 heavy (non-hydrogen) atoms. The monoisotopic (exact) mass is 620 g/mol. The summed E-state index contributed by atoms with van der Waals surface area (Å²) in [5, 5.41) is 5.51. The molecule has 1 nitrogen and oxygen atoms in total. The van der Waals surface area contributed by atoms with E-state index >= 15 is 0 Å². The van der Waals surface area contributed by atoms with E-state index in [9.17, 15) is 0 Å². The molecule has 0 radical (unpaired) electrons. The Balaban J connectivity index is 1.12. The number of benzene rings is 4. The van der Waals surface area contributed by atoms with Crippen molar-refractivity contribution in [3.05, 3.63) is 60.7 Å². The third-order valence-electron chi connectivity index (χ3n) is 13.9. The zero-order chi connectivity index (χ0) is 31.2. The lowest BCUT2D eigenvalue weighted by molar-refractivity contribution is 0.464. The fourth-order valence-electron chi connectivity index (χ4n) is 11.7. The fraction of sp³-hybridized carbons (Fsp3) is 0.545. The Hall–Kier alpha value is -2.67. The highest BCUT2D eigenvalue weighted by Crippen LogP contribution is 2.50. The highest BCUT2D eigenvalue weighted by molar-refractivity contribution is 6.76. The summed E-state index contributed by atoms with van der Waals surface area (Å²) < 4.78 is 6.93. The van der Waals surface area contributed by atoms with Crippen molar-refractivity contribution in [3.8, 4) is 22.6 Å². The molecular formula is C44H54B2O. The molecule has 4 saturated carbocycles. The second-order valence-corrected chi connectivity index (χ2v) is 16.6. The summed E-state index contributed by atoms with van der Waals surface area (Å²) in [5.74, 6) is 5.54. The van der Waals surface area contributed by atoms with Gasteiger partial charge in [0, 0.05) is 10.9 Å². The average molecular weight is 621 g/mol. The van der Waals surface area contributed by atoms with Crippen LogP contribution in [0.5, 0.6) is 11.5 Å². The average Bonchev–Trinajstić information content (AvgIpc) is 3.14. The molecule has 0 saturated heterocycles.